The van der Waals surface area contributed by atoms with Crippen molar-refractivity contribution < 1.29 is 14.3 Å². The van der Waals surface area contributed by atoms with Crippen molar-refractivity contribution >= 4 is 17.6 Å². The van der Waals surface area contributed by atoms with E-state index >= 15 is 0 Å². The van der Waals surface area contributed by atoms with Crippen LogP contribution >= 0.6 is 0 Å². The van der Waals surface area contributed by atoms with Gasteiger partial charge < -0.3 is 15.0 Å². The zero-order chi connectivity index (χ0) is 26.3. The van der Waals surface area contributed by atoms with E-state index in [1.165, 1.54) is 0 Å². The first-order valence-electron chi connectivity index (χ1n) is 12.5. The Morgan fingerprint density at radius 1 is 1.06 bits per heavy atom. The SMILES string of the molecule is CCCN(CC(=O)Nc1cc(C(C)(C)C)nn1-c1cccc(C)c1C)C(=O)COCc1ccccc1. The molecular formula is C29H38N4O3. The van der Waals surface area contributed by atoms with Crippen LogP contribution in [0.3, 0.4) is 0 Å². The fraction of sp³-hybridized carbons (Fsp3) is 0.414. The van der Waals surface area contributed by atoms with Gasteiger partial charge in [-0.15, -0.1) is 0 Å². The number of amides is 2. The lowest BCUT2D eigenvalue weighted by atomic mass is 9.92. The molecule has 0 saturated heterocycles. The van der Waals surface area contributed by atoms with Crippen molar-refractivity contribution in [3.63, 3.8) is 0 Å². The number of rotatable bonds is 10. The van der Waals surface area contributed by atoms with E-state index in [1.807, 2.05) is 62.4 Å². The van der Waals surface area contributed by atoms with Gasteiger partial charge in [-0.1, -0.05) is 70.2 Å². The highest BCUT2D eigenvalue weighted by molar-refractivity contribution is 5.94. The predicted octanol–water partition coefficient (Wildman–Crippen LogP) is 5.18. The zero-order valence-corrected chi connectivity index (χ0v) is 22.3. The number of carbonyl (C=O) groups is 2. The van der Waals surface area contributed by atoms with Crippen molar-refractivity contribution in [1.82, 2.24) is 14.7 Å². The Bertz CT molecular complexity index is 1180. The van der Waals surface area contributed by atoms with Crippen LogP contribution in [0.15, 0.2) is 54.6 Å². The van der Waals surface area contributed by atoms with Crippen molar-refractivity contribution in [3.8, 4) is 5.69 Å². The molecule has 2 aromatic carbocycles. The third-order valence-corrected chi connectivity index (χ3v) is 6.07. The van der Waals surface area contributed by atoms with Crippen LogP contribution in [0, 0.1) is 13.8 Å². The minimum Gasteiger partial charge on any atom is -0.367 e. The molecule has 0 unspecified atom stereocenters. The smallest absolute Gasteiger partial charge is 0.249 e. The van der Waals surface area contributed by atoms with Gasteiger partial charge in [-0.2, -0.15) is 5.10 Å². The van der Waals surface area contributed by atoms with Gasteiger partial charge in [0, 0.05) is 18.0 Å². The van der Waals surface area contributed by atoms with Crippen LogP contribution in [0.25, 0.3) is 5.69 Å². The maximum absolute atomic E-state index is 13.1. The number of aromatic nitrogens is 2. The summed E-state index contributed by atoms with van der Waals surface area (Å²) in [7, 11) is 0. The van der Waals surface area contributed by atoms with Gasteiger partial charge in [-0.25, -0.2) is 4.68 Å². The van der Waals surface area contributed by atoms with Gasteiger partial charge in [0.2, 0.25) is 11.8 Å². The summed E-state index contributed by atoms with van der Waals surface area (Å²) in [6, 6.07) is 17.7. The summed E-state index contributed by atoms with van der Waals surface area (Å²) >= 11 is 0. The molecule has 3 aromatic rings. The summed E-state index contributed by atoms with van der Waals surface area (Å²) in [5.74, 6) is 0.107. The van der Waals surface area contributed by atoms with E-state index in [0.717, 1.165) is 34.5 Å². The van der Waals surface area contributed by atoms with Crippen LogP contribution in [-0.4, -0.2) is 46.2 Å². The van der Waals surface area contributed by atoms with E-state index in [4.69, 9.17) is 9.84 Å². The lowest BCUT2D eigenvalue weighted by molar-refractivity contribution is -0.139. The number of carbonyl (C=O) groups excluding carboxylic acids is 2. The van der Waals surface area contributed by atoms with E-state index < -0.39 is 0 Å². The summed E-state index contributed by atoms with van der Waals surface area (Å²) < 4.78 is 7.40. The normalized spacial score (nSPS) is 11.4. The van der Waals surface area contributed by atoms with Crippen molar-refractivity contribution in [3.05, 3.63) is 77.0 Å². The van der Waals surface area contributed by atoms with E-state index in [-0.39, 0.29) is 30.4 Å². The number of hydrogen-bond acceptors (Lipinski definition) is 4. The highest BCUT2D eigenvalue weighted by atomic mass is 16.5. The lowest BCUT2D eigenvalue weighted by Gasteiger charge is -2.22. The van der Waals surface area contributed by atoms with Gasteiger partial charge in [0.15, 0.2) is 0 Å². The third-order valence-electron chi connectivity index (χ3n) is 6.07. The Balaban J connectivity index is 1.73. The zero-order valence-electron chi connectivity index (χ0n) is 22.3. The van der Waals surface area contributed by atoms with Gasteiger partial charge >= 0.3 is 0 Å². The van der Waals surface area contributed by atoms with Crippen molar-refractivity contribution in [2.45, 2.75) is 60.0 Å². The number of benzene rings is 2. The molecule has 192 valence electrons. The van der Waals surface area contributed by atoms with Crippen LogP contribution in [0.1, 0.15) is 56.5 Å². The molecule has 1 aromatic heterocycles. The number of hydrogen-bond donors (Lipinski definition) is 1. The van der Waals surface area contributed by atoms with Crippen LogP contribution in [0.4, 0.5) is 5.82 Å². The quantitative estimate of drug-likeness (QED) is 0.425. The first kappa shape index (κ1) is 27.1. The first-order chi connectivity index (χ1) is 17.1. The monoisotopic (exact) mass is 490 g/mol. The Labute approximate surface area is 214 Å². The summed E-state index contributed by atoms with van der Waals surface area (Å²) in [5.41, 5.74) is 4.83. The molecule has 3 rings (SSSR count). The Morgan fingerprint density at radius 3 is 2.44 bits per heavy atom. The molecule has 36 heavy (non-hydrogen) atoms. The molecule has 0 aliphatic carbocycles. The average Bonchev–Trinajstić information content (AvgIpc) is 3.25. The fourth-order valence-electron chi connectivity index (χ4n) is 3.82. The molecule has 0 atom stereocenters. The number of ether oxygens (including phenoxy) is 1. The fourth-order valence-corrected chi connectivity index (χ4v) is 3.82. The molecule has 0 bridgehead atoms. The van der Waals surface area contributed by atoms with Gasteiger partial charge in [0.1, 0.15) is 12.4 Å². The number of anilines is 1. The average molecular weight is 491 g/mol. The van der Waals surface area contributed by atoms with Crippen molar-refractivity contribution in [2.75, 3.05) is 25.0 Å². The maximum atomic E-state index is 13.1. The molecule has 7 nitrogen and oxygen atoms in total. The molecule has 0 saturated carbocycles. The minimum atomic E-state index is -0.272. The van der Waals surface area contributed by atoms with E-state index in [1.54, 1.807) is 9.58 Å². The molecule has 0 aliphatic heterocycles. The van der Waals surface area contributed by atoms with Crippen LogP contribution < -0.4 is 5.32 Å². The molecule has 0 fully saturated rings. The van der Waals surface area contributed by atoms with Crippen LogP contribution in [0.5, 0.6) is 0 Å². The highest BCUT2D eigenvalue weighted by Crippen LogP contribution is 2.28. The number of aryl methyl sites for hydroxylation is 1. The molecule has 0 radical (unpaired) electrons. The van der Waals surface area contributed by atoms with Crippen LogP contribution in [0.2, 0.25) is 0 Å². The first-order valence-corrected chi connectivity index (χ1v) is 12.5. The molecule has 2 amide bonds. The second kappa shape index (κ2) is 12.0. The van der Waals surface area contributed by atoms with Crippen molar-refractivity contribution in [2.24, 2.45) is 0 Å². The summed E-state index contributed by atoms with van der Waals surface area (Å²) in [6.45, 7) is 13.1. The van der Waals surface area contributed by atoms with Crippen molar-refractivity contribution in [1.29, 1.82) is 0 Å². The van der Waals surface area contributed by atoms with Gasteiger partial charge in [-0.05, 0) is 43.0 Å². The van der Waals surface area contributed by atoms with E-state index in [2.05, 4.69) is 39.1 Å². The Kier molecular flexibility index (Phi) is 9.04. The topological polar surface area (TPSA) is 76.5 Å². The molecular weight excluding hydrogens is 452 g/mol. The Hall–Kier alpha value is -3.45. The van der Waals surface area contributed by atoms with Gasteiger partial charge in [-0.3, -0.25) is 9.59 Å². The largest absolute Gasteiger partial charge is 0.367 e. The van der Waals surface area contributed by atoms with Gasteiger partial charge in [0.25, 0.3) is 0 Å². The molecule has 1 heterocycles. The lowest BCUT2D eigenvalue weighted by Crippen LogP contribution is -2.40. The predicted molar refractivity (Wildman–Crippen MR) is 143 cm³/mol. The summed E-state index contributed by atoms with van der Waals surface area (Å²) in [6.07, 6.45) is 0.742. The standard InChI is InChI=1S/C29H38N4O3/c1-7-16-32(28(35)20-36-19-23-13-9-8-10-14-23)18-27(34)30-26-17-25(29(4,5)6)31-33(26)24-15-11-12-21(2)22(24)3/h8-15,17H,7,16,18-20H2,1-6H3,(H,30,34). The van der Waals surface area contributed by atoms with Crippen LogP contribution in [-0.2, 0) is 26.3 Å². The van der Waals surface area contributed by atoms with E-state index in [9.17, 15) is 9.59 Å². The second-order valence-corrected chi connectivity index (χ2v) is 10.1. The minimum absolute atomic E-state index is 0.0514. The summed E-state index contributed by atoms with van der Waals surface area (Å²) in [4.78, 5) is 27.5. The maximum Gasteiger partial charge on any atom is 0.249 e. The highest BCUT2D eigenvalue weighted by Gasteiger charge is 2.23. The number of nitrogens with one attached hydrogen (secondary N) is 1. The second-order valence-electron chi connectivity index (χ2n) is 10.1. The van der Waals surface area contributed by atoms with E-state index in [0.29, 0.717) is 19.0 Å². The Morgan fingerprint density at radius 2 is 1.78 bits per heavy atom. The molecule has 1 N–H and O–H groups in total. The molecule has 0 spiro atoms. The number of nitrogens with zero attached hydrogens (tertiary/aromatic N) is 3. The third kappa shape index (κ3) is 7.04. The van der Waals surface area contributed by atoms with Gasteiger partial charge in [0.05, 0.1) is 24.5 Å². The summed E-state index contributed by atoms with van der Waals surface area (Å²) in [5, 5.41) is 7.83. The molecule has 0 aliphatic rings. The molecule has 7 heteroatoms.